The van der Waals surface area contributed by atoms with Crippen molar-refractivity contribution in [2.75, 3.05) is 0 Å². The van der Waals surface area contributed by atoms with Gasteiger partial charge in [-0.05, 0) is 47.9 Å². The SMILES string of the molecule is CC(=O)Oc1ccc2c(c1)C(=O)c1c(Cc3cc[nH]c3)c(O[C@H]3O[C@@H](C)[C@@H](O)[C@@H](O)[C@H]3O)c(Cc3cccc(CO)c3)c(O)c1C2=O. The number of benzene rings is 3. The molecule has 12 nitrogen and oxygen atoms in total. The van der Waals surface area contributed by atoms with Crippen LogP contribution in [0.25, 0.3) is 0 Å². The van der Waals surface area contributed by atoms with E-state index in [0.717, 1.165) is 0 Å². The van der Waals surface area contributed by atoms with Gasteiger partial charge in [-0.3, -0.25) is 14.4 Å². The fourth-order valence-electron chi connectivity index (χ4n) is 6.12. The zero-order valence-corrected chi connectivity index (χ0v) is 25.5. The minimum Gasteiger partial charge on any atom is -0.507 e. The Kier molecular flexibility index (Phi) is 8.70. The maximum atomic E-state index is 14.4. The Balaban J connectivity index is 1.60. The first-order valence-corrected chi connectivity index (χ1v) is 15.0. The van der Waals surface area contributed by atoms with E-state index >= 15 is 0 Å². The van der Waals surface area contributed by atoms with Crippen LogP contribution in [-0.4, -0.2) is 78.8 Å². The number of fused-ring (bicyclic) bond motifs is 2. The number of aromatic amines is 1. The number of phenols is 1. The van der Waals surface area contributed by atoms with Crippen LogP contribution in [0.15, 0.2) is 60.9 Å². The summed E-state index contributed by atoms with van der Waals surface area (Å²) in [6.45, 7) is 2.45. The van der Waals surface area contributed by atoms with Gasteiger partial charge in [-0.2, -0.15) is 0 Å². The lowest BCUT2D eigenvalue weighted by atomic mass is 9.78. The number of phenolic OH excluding ortho intramolecular Hbond substituents is 1. The number of aromatic hydroxyl groups is 1. The molecule has 47 heavy (non-hydrogen) atoms. The summed E-state index contributed by atoms with van der Waals surface area (Å²) < 4.78 is 17.2. The van der Waals surface area contributed by atoms with Gasteiger partial charge in [0.25, 0.3) is 0 Å². The molecule has 2 aliphatic rings. The Morgan fingerprint density at radius 1 is 0.872 bits per heavy atom. The largest absolute Gasteiger partial charge is 0.507 e. The minimum absolute atomic E-state index is 0.000151. The average molecular weight is 644 g/mol. The summed E-state index contributed by atoms with van der Waals surface area (Å²) in [5.41, 5.74) is 1.74. The lowest BCUT2D eigenvalue weighted by Crippen LogP contribution is -2.58. The predicted octanol–water partition coefficient (Wildman–Crippen LogP) is 2.30. The molecule has 1 saturated heterocycles. The number of ketones is 2. The molecule has 3 aromatic carbocycles. The quantitative estimate of drug-likeness (QED) is 0.107. The van der Waals surface area contributed by atoms with Crippen molar-refractivity contribution in [2.24, 2.45) is 0 Å². The van der Waals surface area contributed by atoms with Crippen molar-refractivity contribution in [1.29, 1.82) is 0 Å². The number of hydrogen-bond acceptors (Lipinski definition) is 11. The van der Waals surface area contributed by atoms with Crippen LogP contribution in [0.4, 0.5) is 0 Å². The zero-order chi connectivity index (χ0) is 33.6. The molecule has 6 rings (SSSR count). The van der Waals surface area contributed by atoms with Gasteiger partial charge in [0.1, 0.15) is 35.6 Å². The molecule has 12 heteroatoms. The van der Waals surface area contributed by atoms with Crippen LogP contribution in [0.1, 0.15) is 73.5 Å². The van der Waals surface area contributed by atoms with Gasteiger partial charge in [0.15, 0.2) is 11.6 Å². The first-order chi connectivity index (χ1) is 22.5. The van der Waals surface area contributed by atoms with E-state index in [-0.39, 0.29) is 64.3 Å². The molecule has 5 atom stereocenters. The molecule has 0 amide bonds. The van der Waals surface area contributed by atoms with E-state index in [1.165, 1.54) is 32.0 Å². The van der Waals surface area contributed by atoms with Gasteiger partial charge >= 0.3 is 5.97 Å². The van der Waals surface area contributed by atoms with Crippen molar-refractivity contribution in [3.8, 4) is 17.2 Å². The molecule has 6 N–H and O–H groups in total. The van der Waals surface area contributed by atoms with E-state index in [1.807, 2.05) is 0 Å². The number of rotatable bonds is 8. The third-order valence-electron chi connectivity index (χ3n) is 8.46. The summed E-state index contributed by atoms with van der Waals surface area (Å²) in [7, 11) is 0. The molecule has 244 valence electrons. The van der Waals surface area contributed by atoms with E-state index in [9.17, 15) is 39.9 Å². The second kappa shape index (κ2) is 12.7. The molecular formula is C35H33NO11. The lowest BCUT2D eigenvalue weighted by molar-refractivity contribution is -0.268. The van der Waals surface area contributed by atoms with Crippen molar-refractivity contribution >= 4 is 17.5 Å². The molecule has 0 saturated carbocycles. The van der Waals surface area contributed by atoms with Gasteiger partial charge in [0, 0.05) is 60.0 Å². The van der Waals surface area contributed by atoms with Crippen LogP contribution in [0.2, 0.25) is 0 Å². The van der Waals surface area contributed by atoms with Gasteiger partial charge < -0.3 is 44.7 Å². The molecule has 1 fully saturated rings. The number of H-pyrrole nitrogens is 1. The first-order valence-electron chi connectivity index (χ1n) is 15.0. The number of aliphatic hydroxyl groups is 4. The maximum absolute atomic E-state index is 14.4. The third kappa shape index (κ3) is 5.93. The summed E-state index contributed by atoms with van der Waals surface area (Å²) in [6, 6.07) is 12.7. The van der Waals surface area contributed by atoms with E-state index in [0.29, 0.717) is 16.7 Å². The Labute approximate surface area is 268 Å². The van der Waals surface area contributed by atoms with Crippen LogP contribution >= 0.6 is 0 Å². The first kappa shape index (κ1) is 32.1. The lowest BCUT2D eigenvalue weighted by Gasteiger charge is -2.39. The van der Waals surface area contributed by atoms with E-state index in [4.69, 9.17) is 14.2 Å². The smallest absolute Gasteiger partial charge is 0.308 e. The van der Waals surface area contributed by atoms with Gasteiger partial charge in [0.05, 0.1) is 18.3 Å². The molecule has 0 spiro atoms. The molecular weight excluding hydrogens is 610 g/mol. The molecule has 4 aromatic rings. The van der Waals surface area contributed by atoms with Gasteiger partial charge in [-0.25, -0.2) is 0 Å². The monoisotopic (exact) mass is 643 g/mol. The number of ether oxygens (including phenoxy) is 3. The number of hydrogen-bond donors (Lipinski definition) is 6. The third-order valence-corrected chi connectivity index (χ3v) is 8.46. The number of nitrogens with one attached hydrogen (secondary N) is 1. The second-order valence-corrected chi connectivity index (χ2v) is 11.7. The van der Waals surface area contributed by atoms with Crippen molar-refractivity contribution in [3.05, 3.63) is 111 Å². The molecule has 1 aromatic heterocycles. The summed E-state index contributed by atoms with van der Waals surface area (Å²) >= 11 is 0. The predicted molar refractivity (Wildman–Crippen MR) is 164 cm³/mol. The summed E-state index contributed by atoms with van der Waals surface area (Å²) in [5, 5.41) is 53.4. The fraction of sp³-hybridized carbons (Fsp3) is 0.286. The Morgan fingerprint density at radius 2 is 1.60 bits per heavy atom. The Morgan fingerprint density at radius 3 is 2.30 bits per heavy atom. The van der Waals surface area contributed by atoms with Crippen LogP contribution < -0.4 is 9.47 Å². The number of carbonyl (C=O) groups excluding carboxylic acids is 3. The van der Waals surface area contributed by atoms with E-state index in [2.05, 4.69) is 4.98 Å². The second-order valence-electron chi connectivity index (χ2n) is 11.7. The summed E-state index contributed by atoms with van der Waals surface area (Å²) in [5.74, 6) is -2.46. The molecule has 0 bridgehead atoms. The van der Waals surface area contributed by atoms with Crippen LogP contribution in [0, 0.1) is 0 Å². The standard InChI is InChI=1S/C35H33NO11/c1-16-28(39)32(43)33(44)35(45-16)47-34-24(12-19-8-9-36-14-19)26-27(31(42)25(34)11-18-4-3-5-20(10-18)15-37)29(40)22-7-6-21(46-17(2)38)13-23(22)30(26)41/h3-10,13-14,16,28,32-33,35-37,39,42-44H,11-12,15H2,1-2H3/t16-,28+,32+,33+,35+/m0/s1. The van der Waals surface area contributed by atoms with Gasteiger partial charge in [-0.1, -0.05) is 24.3 Å². The highest BCUT2D eigenvalue weighted by Crippen LogP contribution is 2.46. The number of aliphatic hydroxyl groups excluding tert-OH is 4. The summed E-state index contributed by atoms with van der Waals surface area (Å²) in [6.07, 6.45) is -3.95. The van der Waals surface area contributed by atoms with Crippen LogP contribution in [0.5, 0.6) is 17.2 Å². The average Bonchev–Trinajstić information content (AvgIpc) is 3.57. The molecule has 1 aliphatic heterocycles. The maximum Gasteiger partial charge on any atom is 0.308 e. The Bertz CT molecular complexity index is 1870. The normalized spacial score (nSPS) is 22.0. The van der Waals surface area contributed by atoms with Gasteiger partial charge in [0.2, 0.25) is 6.29 Å². The highest BCUT2D eigenvalue weighted by Gasteiger charge is 2.45. The summed E-state index contributed by atoms with van der Waals surface area (Å²) in [4.78, 5) is 43.1. The Hall–Kier alpha value is -4.85. The number of aromatic nitrogens is 1. The topological polar surface area (TPSA) is 196 Å². The van der Waals surface area contributed by atoms with E-state index in [1.54, 1.807) is 42.7 Å². The minimum atomic E-state index is -1.73. The molecule has 2 heterocycles. The van der Waals surface area contributed by atoms with Gasteiger partial charge in [-0.15, -0.1) is 0 Å². The highest BCUT2D eigenvalue weighted by atomic mass is 16.7. The van der Waals surface area contributed by atoms with E-state index < -0.39 is 54.0 Å². The molecule has 0 radical (unpaired) electrons. The fourth-order valence-corrected chi connectivity index (χ4v) is 6.12. The number of esters is 1. The zero-order valence-electron chi connectivity index (χ0n) is 25.5. The molecule has 1 aliphatic carbocycles. The molecule has 0 unspecified atom stereocenters. The van der Waals surface area contributed by atoms with Crippen molar-refractivity contribution in [3.63, 3.8) is 0 Å². The van der Waals surface area contributed by atoms with Crippen LogP contribution in [-0.2, 0) is 29.0 Å². The highest BCUT2D eigenvalue weighted by molar-refractivity contribution is 6.30. The van der Waals surface area contributed by atoms with Crippen LogP contribution in [0.3, 0.4) is 0 Å². The number of carbonyl (C=O) groups is 3. The van der Waals surface area contributed by atoms with Crippen molar-refractivity contribution in [1.82, 2.24) is 4.98 Å². The van der Waals surface area contributed by atoms with Crippen molar-refractivity contribution < 1.29 is 54.1 Å². The van der Waals surface area contributed by atoms with Crippen molar-refractivity contribution in [2.45, 2.75) is 64.0 Å².